The van der Waals surface area contributed by atoms with E-state index in [0.717, 1.165) is 19.3 Å². The zero-order valence-corrected chi connectivity index (χ0v) is 9.67. The number of methoxy groups -OCH3 is 1. The summed E-state index contributed by atoms with van der Waals surface area (Å²) in [5.74, 6) is -0.174. The molecule has 2 rings (SSSR count). The SMILES string of the molecule is CCC1(C(=O)OC)OC12CCCCCC2. The predicted octanol–water partition coefficient (Wildman–Crippen LogP) is 2.43. The van der Waals surface area contributed by atoms with E-state index in [9.17, 15) is 4.79 Å². The maximum atomic E-state index is 11.8. The van der Waals surface area contributed by atoms with Crippen molar-refractivity contribution in [1.29, 1.82) is 0 Å². The number of carbonyl (C=O) groups excluding carboxylic acids is 1. The van der Waals surface area contributed by atoms with Crippen LogP contribution in [0.25, 0.3) is 0 Å². The molecule has 0 amide bonds. The minimum atomic E-state index is -0.605. The Morgan fingerprint density at radius 1 is 1.27 bits per heavy atom. The lowest BCUT2D eigenvalue weighted by Crippen LogP contribution is -2.34. The Bertz CT molecular complexity index is 254. The van der Waals surface area contributed by atoms with E-state index in [2.05, 4.69) is 0 Å². The van der Waals surface area contributed by atoms with Crippen molar-refractivity contribution in [2.75, 3.05) is 7.11 Å². The van der Waals surface area contributed by atoms with Gasteiger partial charge in [-0.25, -0.2) is 4.79 Å². The number of hydrogen-bond donors (Lipinski definition) is 0. The van der Waals surface area contributed by atoms with Gasteiger partial charge in [-0.05, 0) is 19.3 Å². The lowest BCUT2D eigenvalue weighted by molar-refractivity contribution is -0.147. The molecule has 0 aromatic heterocycles. The van der Waals surface area contributed by atoms with Crippen molar-refractivity contribution in [3.8, 4) is 0 Å². The molecule has 2 aliphatic rings. The molecule has 0 N–H and O–H groups in total. The quantitative estimate of drug-likeness (QED) is 0.521. The highest BCUT2D eigenvalue weighted by Gasteiger charge is 2.73. The lowest BCUT2D eigenvalue weighted by Gasteiger charge is -2.14. The largest absolute Gasteiger partial charge is 0.467 e. The van der Waals surface area contributed by atoms with Crippen LogP contribution in [0, 0.1) is 0 Å². The molecule has 1 unspecified atom stereocenters. The number of ether oxygens (including phenoxy) is 2. The molecule has 0 aromatic rings. The third-order valence-electron chi connectivity index (χ3n) is 3.99. The Labute approximate surface area is 91.1 Å². The van der Waals surface area contributed by atoms with Gasteiger partial charge >= 0.3 is 5.97 Å². The van der Waals surface area contributed by atoms with Gasteiger partial charge in [0.15, 0.2) is 5.60 Å². The molecule has 0 bridgehead atoms. The maximum Gasteiger partial charge on any atom is 0.341 e. The number of carbonyl (C=O) groups is 1. The molecule has 86 valence electrons. The molecule has 1 saturated carbocycles. The first-order valence-corrected chi connectivity index (χ1v) is 5.99. The summed E-state index contributed by atoms with van der Waals surface area (Å²) in [6, 6.07) is 0. The van der Waals surface area contributed by atoms with Gasteiger partial charge in [-0.2, -0.15) is 0 Å². The average Bonchev–Trinajstić information content (AvgIpc) is 2.98. The van der Waals surface area contributed by atoms with Crippen molar-refractivity contribution in [3.05, 3.63) is 0 Å². The standard InChI is InChI=1S/C12H20O3/c1-3-12(10(13)14-2)11(15-12)8-6-4-5-7-9-11/h3-9H2,1-2H3. The summed E-state index contributed by atoms with van der Waals surface area (Å²) < 4.78 is 10.7. The fourth-order valence-corrected chi connectivity index (χ4v) is 3.04. The maximum absolute atomic E-state index is 11.8. The van der Waals surface area contributed by atoms with E-state index in [0.29, 0.717) is 0 Å². The second kappa shape index (κ2) is 3.78. The average molecular weight is 212 g/mol. The van der Waals surface area contributed by atoms with E-state index in [-0.39, 0.29) is 11.6 Å². The molecule has 3 nitrogen and oxygen atoms in total. The van der Waals surface area contributed by atoms with Crippen LogP contribution in [0.3, 0.4) is 0 Å². The van der Waals surface area contributed by atoms with Crippen LogP contribution in [0.5, 0.6) is 0 Å². The molecule has 0 aromatic carbocycles. The van der Waals surface area contributed by atoms with Gasteiger partial charge in [0.25, 0.3) is 0 Å². The molecule has 1 aliphatic carbocycles. The summed E-state index contributed by atoms with van der Waals surface area (Å²) >= 11 is 0. The fourth-order valence-electron chi connectivity index (χ4n) is 3.04. The van der Waals surface area contributed by atoms with Gasteiger partial charge in [-0.3, -0.25) is 0 Å². The van der Waals surface area contributed by atoms with Gasteiger partial charge in [-0.15, -0.1) is 0 Å². The summed E-state index contributed by atoms with van der Waals surface area (Å²) in [7, 11) is 1.45. The Morgan fingerprint density at radius 2 is 1.87 bits per heavy atom. The minimum absolute atomic E-state index is 0.174. The van der Waals surface area contributed by atoms with E-state index in [4.69, 9.17) is 9.47 Å². The van der Waals surface area contributed by atoms with Crippen molar-refractivity contribution >= 4 is 5.97 Å². The molecular weight excluding hydrogens is 192 g/mol. The third kappa shape index (κ3) is 1.48. The van der Waals surface area contributed by atoms with Crippen molar-refractivity contribution in [2.45, 2.75) is 63.1 Å². The molecule has 15 heavy (non-hydrogen) atoms. The van der Waals surface area contributed by atoms with E-state index in [1.165, 1.54) is 32.8 Å². The Balaban J connectivity index is 2.14. The second-order valence-corrected chi connectivity index (χ2v) is 4.68. The lowest BCUT2D eigenvalue weighted by atomic mass is 9.84. The molecule has 1 aliphatic heterocycles. The van der Waals surface area contributed by atoms with Crippen LogP contribution in [-0.2, 0) is 14.3 Å². The van der Waals surface area contributed by atoms with Crippen molar-refractivity contribution in [3.63, 3.8) is 0 Å². The molecule has 1 spiro atoms. The highest BCUT2D eigenvalue weighted by molar-refractivity contribution is 5.84. The van der Waals surface area contributed by atoms with Gasteiger partial charge in [0.2, 0.25) is 0 Å². The smallest absolute Gasteiger partial charge is 0.341 e. The van der Waals surface area contributed by atoms with E-state index in [1.807, 2.05) is 6.92 Å². The number of esters is 1. The Hall–Kier alpha value is -0.570. The molecule has 0 radical (unpaired) electrons. The normalized spacial score (nSPS) is 33.5. The summed E-state index contributed by atoms with van der Waals surface area (Å²) in [5.41, 5.74) is -0.780. The molecular formula is C12H20O3. The number of epoxide rings is 1. The van der Waals surface area contributed by atoms with Crippen molar-refractivity contribution in [1.82, 2.24) is 0 Å². The van der Waals surface area contributed by atoms with Crippen LogP contribution in [0.15, 0.2) is 0 Å². The summed E-state index contributed by atoms with van der Waals surface area (Å²) in [6.07, 6.45) is 7.68. The van der Waals surface area contributed by atoms with Crippen LogP contribution in [0.4, 0.5) is 0 Å². The summed E-state index contributed by atoms with van der Waals surface area (Å²) in [5, 5.41) is 0. The van der Waals surface area contributed by atoms with Crippen LogP contribution < -0.4 is 0 Å². The first-order valence-electron chi connectivity index (χ1n) is 5.99. The summed E-state index contributed by atoms with van der Waals surface area (Å²) in [4.78, 5) is 11.8. The zero-order valence-electron chi connectivity index (χ0n) is 9.67. The fraction of sp³-hybridized carbons (Fsp3) is 0.917. The van der Waals surface area contributed by atoms with Crippen molar-refractivity contribution in [2.24, 2.45) is 0 Å². The number of rotatable bonds is 2. The summed E-state index contributed by atoms with van der Waals surface area (Å²) in [6.45, 7) is 2.01. The Kier molecular flexibility index (Phi) is 2.75. The van der Waals surface area contributed by atoms with E-state index < -0.39 is 5.60 Å². The van der Waals surface area contributed by atoms with Gasteiger partial charge in [0, 0.05) is 0 Å². The van der Waals surface area contributed by atoms with Crippen LogP contribution in [0.2, 0.25) is 0 Å². The van der Waals surface area contributed by atoms with Gasteiger partial charge in [-0.1, -0.05) is 32.6 Å². The third-order valence-corrected chi connectivity index (χ3v) is 3.99. The van der Waals surface area contributed by atoms with Gasteiger partial charge < -0.3 is 9.47 Å². The predicted molar refractivity (Wildman–Crippen MR) is 56.6 cm³/mol. The monoisotopic (exact) mass is 212 g/mol. The van der Waals surface area contributed by atoms with Gasteiger partial charge in [0.1, 0.15) is 5.60 Å². The topological polar surface area (TPSA) is 38.8 Å². The van der Waals surface area contributed by atoms with E-state index >= 15 is 0 Å². The highest BCUT2D eigenvalue weighted by atomic mass is 16.7. The first kappa shape index (κ1) is 10.9. The minimum Gasteiger partial charge on any atom is -0.467 e. The zero-order chi connectivity index (χ0) is 10.9. The van der Waals surface area contributed by atoms with Crippen LogP contribution in [-0.4, -0.2) is 24.3 Å². The van der Waals surface area contributed by atoms with Crippen LogP contribution in [0.1, 0.15) is 51.9 Å². The van der Waals surface area contributed by atoms with Crippen LogP contribution >= 0.6 is 0 Å². The Morgan fingerprint density at radius 3 is 2.33 bits per heavy atom. The second-order valence-electron chi connectivity index (χ2n) is 4.68. The first-order chi connectivity index (χ1) is 7.21. The van der Waals surface area contributed by atoms with Gasteiger partial charge in [0.05, 0.1) is 7.11 Å². The molecule has 1 saturated heterocycles. The molecule has 1 heterocycles. The van der Waals surface area contributed by atoms with E-state index in [1.54, 1.807) is 0 Å². The number of hydrogen-bond acceptors (Lipinski definition) is 3. The molecule has 2 fully saturated rings. The molecule has 3 heteroatoms. The molecule has 1 atom stereocenters. The highest BCUT2D eigenvalue weighted by Crippen LogP contribution is 2.58. The van der Waals surface area contributed by atoms with Crippen molar-refractivity contribution < 1.29 is 14.3 Å².